The number of aromatic nitrogens is 1. The van der Waals surface area contributed by atoms with Crippen molar-refractivity contribution in [1.29, 1.82) is 0 Å². The van der Waals surface area contributed by atoms with Gasteiger partial charge in [0.15, 0.2) is 0 Å². The summed E-state index contributed by atoms with van der Waals surface area (Å²) < 4.78 is 0. The van der Waals surface area contributed by atoms with Crippen molar-refractivity contribution in [2.75, 3.05) is 23.3 Å². The molecule has 1 fully saturated rings. The van der Waals surface area contributed by atoms with Gasteiger partial charge in [0.1, 0.15) is 4.88 Å². The van der Waals surface area contributed by atoms with Gasteiger partial charge in [-0.3, -0.25) is 9.59 Å². The number of hydrogen-bond acceptors (Lipinski definition) is 4. The number of anilines is 2. The molecule has 0 atom stereocenters. The van der Waals surface area contributed by atoms with Crippen molar-refractivity contribution in [2.45, 2.75) is 26.2 Å². The van der Waals surface area contributed by atoms with Crippen LogP contribution in [0.5, 0.6) is 0 Å². The summed E-state index contributed by atoms with van der Waals surface area (Å²) >= 11 is 0.936. The highest BCUT2D eigenvalue weighted by molar-refractivity contribution is 7.11. The molecule has 1 aromatic carbocycles. The molecule has 0 bridgehead atoms. The van der Waals surface area contributed by atoms with Crippen molar-refractivity contribution in [2.24, 2.45) is 0 Å². The maximum Gasteiger partial charge on any atom is 0.305 e. The first kappa shape index (κ1) is 14.8. The number of aromatic amines is 1. The number of nitrogens with one attached hydrogen (secondary N) is 2. The van der Waals surface area contributed by atoms with E-state index in [0.29, 0.717) is 10.6 Å². The first-order valence-electron chi connectivity index (χ1n) is 7.49. The first-order valence-corrected chi connectivity index (χ1v) is 8.31. The second kappa shape index (κ2) is 6.36. The van der Waals surface area contributed by atoms with E-state index < -0.39 is 0 Å². The molecule has 2 aromatic rings. The molecular weight excluding hydrogens is 298 g/mol. The van der Waals surface area contributed by atoms with Crippen LogP contribution in [0.3, 0.4) is 0 Å². The molecule has 1 saturated heterocycles. The molecule has 0 saturated carbocycles. The molecule has 1 amide bonds. The second-order valence-corrected chi connectivity index (χ2v) is 6.50. The summed E-state index contributed by atoms with van der Waals surface area (Å²) in [5.41, 5.74) is 2.55. The van der Waals surface area contributed by atoms with E-state index in [0.717, 1.165) is 30.1 Å². The number of carbonyl (C=O) groups excluding carboxylic acids is 1. The smallest absolute Gasteiger partial charge is 0.305 e. The third-order valence-corrected chi connectivity index (χ3v) is 4.86. The number of aryl methyl sites for hydroxylation is 1. The predicted molar refractivity (Wildman–Crippen MR) is 90.1 cm³/mol. The van der Waals surface area contributed by atoms with Crippen LogP contribution in [0.2, 0.25) is 0 Å². The van der Waals surface area contributed by atoms with Crippen LogP contribution in [-0.2, 0) is 0 Å². The van der Waals surface area contributed by atoms with E-state index >= 15 is 0 Å². The molecule has 1 aliphatic heterocycles. The van der Waals surface area contributed by atoms with Crippen LogP contribution in [0.4, 0.5) is 11.4 Å². The van der Waals surface area contributed by atoms with Crippen molar-refractivity contribution in [3.8, 4) is 0 Å². The van der Waals surface area contributed by atoms with Crippen molar-refractivity contribution >= 4 is 28.6 Å². The summed E-state index contributed by atoms with van der Waals surface area (Å²) in [6.07, 6.45) is 3.79. The molecule has 0 spiro atoms. The maximum absolute atomic E-state index is 12.2. The zero-order valence-corrected chi connectivity index (χ0v) is 13.3. The summed E-state index contributed by atoms with van der Waals surface area (Å²) in [6.45, 7) is 3.93. The number of hydrogen-bond donors (Lipinski definition) is 2. The minimum Gasteiger partial charge on any atom is -0.372 e. The number of benzene rings is 1. The summed E-state index contributed by atoms with van der Waals surface area (Å²) in [5, 5.41) is 2.84. The lowest BCUT2D eigenvalue weighted by molar-refractivity contribution is 0.103. The van der Waals surface area contributed by atoms with Crippen LogP contribution in [-0.4, -0.2) is 24.0 Å². The van der Waals surface area contributed by atoms with Crippen molar-refractivity contribution in [1.82, 2.24) is 4.98 Å². The third-order valence-electron chi connectivity index (χ3n) is 3.88. The molecule has 2 heterocycles. The Balaban J connectivity index is 1.69. The van der Waals surface area contributed by atoms with Crippen LogP contribution >= 0.6 is 11.3 Å². The third kappa shape index (κ3) is 3.22. The fourth-order valence-electron chi connectivity index (χ4n) is 2.72. The van der Waals surface area contributed by atoms with Gasteiger partial charge in [0, 0.05) is 30.2 Å². The Labute approximate surface area is 133 Å². The van der Waals surface area contributed by atoms with Gasteiger partial charge in [0.2, 0.25) is 0 Å². The fourth-order valence-corrected chi connectivity index (χ4v) is 3.45. The summed E-state index contributed by atoms with van der Waals surface area (Å²) in [4.78, 5) is 28.7. The average Bonchev–Trinajstić information content (AvgIpc) is 2.88. The molecule has 0 unspecified atom stereocenters. The number of nitrogens with zero attached hydrogens (tertiary/aromatic N) is 1. The Kier molecular flexibility index (Phi) is 4.29. The molecule has 0 radical (unpaired) electrons. The average molecular weight is 317 g/mol. The van der Waals surface area contributed by atoms with Gasteiger partial charge in [-0.1, -0.05) is 11.3 Å². The van der Waals surface area contributed by atoms with E-state index in [-0.39, 0.29) is 10.8 Å². The number of piperidine rings is 1. The molecule has 116 valence electrons. The molecule has 6 heteroatoms. The molecule has 5 nitrogen and oxygen atoms in total. The zero-order chi connectivity index (χ0) is 15.5. The molecule has 22 heavy (non-hydrogen) atoms. The van der Waals surface area contributed by atoms with Crippen LogP contribution in [0, 0.1) is 6.92 Å². The van der Waals surface area contributed by atoms with E-state index in [1.807, 2.05) is 24.3 Å². The standard InChI is InChI=1S/C16H19N3O2S/c1-11-14(22-16(21)17-11)15(20)18-12-5-7-13(8-6-12)19-9-3-2-4-10-19/h5-8H,2-4,9-10H2,1H3,(H,17,21)(H,18,20). The molecular formula is C16H19N3O2S. The number of rotatable bonds is 3. The van der Waals surface area contributed by atoms with Gasteiger partial charge < -0.3 is 15.2 Å². The van der Waals surface area contributed by atoms with Crippen molar-refractivity contribution < 1.29 is 4.79 Å². The van der Waals surface area contributed by atoms with Crippen molar-refractivity contribution in [3.63, 3.8) is 0 Å². The summed E-state index contributed by atoms with van der Waals surface area (Å²) in [5.74, 6) is -0.244. The lowest BCUT2D eigenvalue weighted by Gasteiger charge is -2.28. The summed E-state index contributed by atoms with van der Waals surface area (Å²) in [6, 6.07) is 7.89. The van der Waals surface area contributed by atoms with E-state index in [4.69, 9.17) is 0 Å². The minimum atomic E-state index is -0.244. The lowest BCUT2D eigenvalue weighted by Crippen LogP contribution is -2.29. The molecule has 2 N–H and O–H groups in total. The fraction of sp³-hybridized carbons (Fsp3) is 0.375. The number of carbonyl (C=O) groups is 1. The van der Waals surface area contributed by atoms with E-state index in [9.17, 15) is 9.59 Å². The van der Waals surface area contributed by atoms with E-state index in [1.165, 1.54) is 24.9 Å². The van der Waals surface area contributed by atoms with Gasteiger partial charge in [-0.15, -0.1) is 0 Å². The van der Waals surface area contributed by atoms with Gasteiger partial charge in [0.05, 0.1) is 0 Å². The lowest BCUT2D eigenvalue weighted by atomic mass is 10.1. The number of H-pyrrole nitrogens is 1. The number of amides is 1. The summed E-state index contributed by atoms with van der Waals surface area (Å²) in [7, 11) is 0. The van der Waals surface area contributed by atoms with Gasteiger partial charge in [-0.25, -0.2) is 0 Å². The monoisotopic (exact) mass is 317 g/mol. The number of thiazole rings is 1. The van der Waals surface area contributed by atoms with Gasteiger partial charge >= 0.3 is 4.87 Å². The SMILES string of the molecule is Cc1[nH]c(=O)sc1C(=O)Nc1ccc(N2CCCCC2)cc1. The van der Waals surface area contributed by atoms with Crippen LogP contribution in [0.1, 0.15) is 34.6 Å². The Morgan fingerprint density at radius 3 is 2.45 bits per heavy atom. The van der Waals surface area contributed by atoms with Gasteiger partial charge in [-0.05, 0) is 50.5 Å². The molecule has 1 aromatic heterocycles. The highest BCUT2D eigenvalue weighted by atomic mass is 32.1. The van der Waals surface area contributed by atoms with Gasteiger partial charge in [-0.2, -0.15) is 0 Å². The minimum absolute atomic E-state index is 0.205. The molecule has 1 aliphatic rings. The molecule has 0 aliphatic carbocycles. The van der Waals surface area contributed by atoms with Crippen molar-refractivity contribution in [3.05, 3.63) is 44.5 Å². The Morgan fingerprint density at radius 1 is 1.18 bits per heavy atom. The normalized spacial score (nSPS) is 14.9. The van der Waals surface area contributed by atoms with E-state index in [1.54, 1.807) is 6.92 Å². The Bertz CT molecular complexity index is 712. The largest absolute Gasteiger partial charge is 0.372 e. The second-order valence-electron chi connectivity index (χ2n) is 5.52. The zero-order valence-electron chi connectivity index (χ0n) is 12.5. The van der Waals surface area contributed by atoms with Crippen LogP contribution < -0.4 is 15.1 Å². The molecule has 3 rings (SSSR count). The predicted octanol–water partition coefficient (Wildman–Crippen LogP) is 2.99. The Morgan fingerprint density at radius 2 is 1.86 bits per heavy atom. The topological polar surface area (TPSA) is 65.2 Å². The highest BCUT2D eigenvalue weighted by Crippen LogP contribution is 2.22. The Hall–Kier alpha value is -2.08. The maximum atomic E-state index is 12.2. The van der Waals surface area contributed by atoms with E-state index in [2.05, 4.69) is 15.2 Å². The van der Waals surface area contributed by atoms with Gasteiger partial charge in [0.25, 0.3) is 5.91 Å². The quantitative estimate of drug-likeness (QED) is 0.914. The van der Waals surface area contributed by atoms with Crippen LogP contribution in [0.15, 0.2) is 29.1 Å². The first-order chi connectivity index (χ1) is 10.6. The highest BCUT2D eigenvalue weighted by Gasteiger charge is 2.14. The van der Waals surface area contributed by atoms with Crippen LogP contribution in [0.25, 0.3) is 0 Å².